The Morgan fingerprint density at radius 2 is 1.28 bits per heavy atom. The fourth-order valence-electron chi connectivity index (χ4n) is 5.01. The molecular formula is C35H32N2O6. The molecule has 0 saturated heterocycles. The number of nitrogens with zero attached hydrogens (tertiary/aromatic N) is 2. The quantitative estimate of drug-likeness (QED) is 0.140. The van der Waals surface area contributed by atoms with E-state index in [2.05, 4.69) is 0 Å². The molecule has 0 heterocycles. The zero-order valence-electron chi connectivity index (χ0n) is 23.4. The standard InChI is InChI=1S/C35H32N2O6/c38-32(29-17-19-31(20-18-29)37(41)42)34(43-24-27-15-16-28-13-7-8-14-30(28)21-27)33(39)35(40)36(22-25-9-3-1-4-10-25)23-26-11-5-2-6-12-26/h1-21,32-34,38-39H,22-24H2. The molecule has 43 heavy (non-hydrogen) atoms. The topological polar surface area (TPSA) is 113 Å². The van der Waals surface area contributed by atoms with Crippen molar-refractivity contribution in [2.75, 3.05) is 0 Å². The summed E-state index contributed by atoms with van der Waals surface area (Å²) < 4.78 is 6.12. The summed E-state index contributed by atoms with van der Waals surface area (Å²) in [5.41, 5.74) is 2.69. The van der Waals surface area contributed by atoms with Crippen LogP contribution in [0.25, 0.3) is 10.8 Å². The molecule has 3 unspecified atom stereocenters. The van der Waals surface area contributed by atoms with E-state index in [1.165, 1.54) is 29.2 Å². The van der Waals surface area contributed by atoms with Crippen LogP contribution < -0.4 is 0 Å². The third kappa shape index (κ3) is 7.50. The van der Waals surface area contributed by atoms with E-state index in [-0.39, 0.29) is 30.9 Å². The molecule has 5 rings (SSSR count). The molecule has 0 spiro atoms. The van der Waals surface area contributed by atoms with Gasteiger partial charge in [-0.3, -0.25) is 14.9 Å². The number of rotatable bonds is 12. The Bertz CT molecular complexity index is 1620. The van der Waals surface area contributed by atoms with E-state index in [1.807, 2.05) is 103 Å². The van der Waals surface area contributed by atoms with Crippen LogP contribution in [0.5, 0.6) is 0 Å². The largest absolute Gasteiger partial charge is 0.386 e. The van der Waals surface area contributed by atoms with Gasteiger partial charge >= 0.3 is 0 Å². The van der Waals surface area contributed by atoms with Gasteiger partial charge < -0.3 is 19.8 Å². The third-order valence-electron chi connectivity index (χ3n) is 7.32. The first-order valence-electron chi connectivity index (χ1n) is 14.0. The maximum absolute atomic E-state index is 14.0. The number of ether oxygens (including phenoxy) is 1. The number of carbonyl (C=O) groups is 1. The molecule has 1 amide bonds. The lowest BCUT2D eigenvalue weighted by Gasteiger charge is -2.32. The van der Waals surface area contributed by atoms with Gasteiger partial charge in [-0.25, -0.2) is 0 Å². The van der Waals surface area contributed by atoms with Crippen molar-refractivity contribution in [1.29, 1.82) is 0 Å². The summed E-state index contributed by atoms with van der Waals surface area (Å²) in [6, 6.07) is 37.9. The predicted octanol–water partition coefficient (Wildman–Crippen LogP) is 5.96. The summed E-state index contributed by atoms with van der Waals surface area (Å²) in [5.74, 6) is -0.614. The average Bonchev–Trinajstić information content (AvgIpc) is 3.05. The van der Waals surface area contributed by atoms with Gasteiger partial charge in [0, 0.05) is 25.2 Å². The van der Waals surface area contributed by atoms with E-state index < -0.39 is 29.1 Å². The second kappa shape index (κ2) is 13.8. The molecule has 0 aliphatic rings. The molecule has 0 fully saturated rings. The predicted molar refractivity (Wildman–Crippen MR) is 164 cm³/mol. The van der Waals surface area contributed by atoms with Crippen LogP contribution in [0.15, 0.2) is 127 Å². The van der Waals surface area contributed by atoms with Gasteiger partial charge in [-0.15, -0.1) is 0 Å². The molecule has 0 bridgehead atoms. The van der Waals surface area contributed by atoms with Crippen molar-refractivity contribution in [3.8, 4) is 0 Å². The molecule has 0 saturated carbocycles. The Kier molecular flexibility index (Phi) is 9.53. The van der Waals surface area contributed by atoms with E-state index in [0.29, 0.717) is 0 Å². The SMILES string of the molecule is O=C(C(O)C(OCc1ccc2ccccc2c1)C(O)c1ccc([N+](=O)[O-])cc1)N(Cc1ccccc1)Cc1ccccc1. The molecule has 3 atom stereocenters. The van der Waals surface area contributed by atoms with Gasteiger partial charge in [0.15, 0.2) is 6.10 Å². The van der Waals surface area contributed by atoms with Gasteiger partial charge in [0.1, 0.15) is 12.2 Å². The molecule has 8 nitrogen and oxygen atoms in total. The number of carbonyl (C=O) groups excluding carboxylic acids is 1. The smallest absolute Gasteiger partial charge is 0.269 e. The van der Waals surface area contributed by atoms with Crippen molar-refractivity contribution in [2.24, 2.45) is 0 Å². The summed E-state index contributed by atoms with van der Waals surface area (Å²) >= 11 is 0. The Morgan fingerprint density at radius 3 is 1.86 bits per heavy atom. The van der Waals surface area contributed by atoms with Crippen molar-refractivity contribution >= 4 is 22.4 Å². The minimum absolute atomic E-state index is 0.0151. The van der Waals surface area contributed by atoms with Gasteiger partial charge in [-0.05, 0) is 51.2 Å². The molecule has 5 aromatic carbocycles. The van der Waals surface area contributed by atoms with Crippen molar-refractivity contribution in [2.45, 2.75) is 38.0 Å². The van der Waals surface area contributed by atoms with Crippen LogP contribution in [0.3, 0.4) is 0 Å². The molecular weight excluding hydrogens is 544 g/mol. The summed E-state index contributed by atoms with van der Waals surface area (Å²) in [4.78, 5) is 26.1. The van der Waals surface area contributed by atoms with Crippen LogP contribution >= 0.6 is 0 Å². The lowest BCUT2D eigenvalue weighted by atomic mass is 9.98. The summed E-state index contributed by atoms with van der Waals surface area (Å²) in [6.45, 7) is 0.481. The van der Waals surface area contributed by atoms with E-state index in [4.69, 9.17) is 4.74 Å². The Labute approximate surface area is 249 Å². The van der Waals surface area contributed by atoms with Crippen LogP contribution in [0, 0.1) is 10.1 Å². The Morgan fingerprint density at radius 1 is 0.721 bits per heavy atom. The third-order valence-corrected chi connectivity index (χ3v) is 7.32. The van der Waals surface area contributed by atoms with Gasteiger partial charge in [0.05, 0.1) is 11.5 Å². The molecule has 8 heteroatoms. The zero-order valence-corrected chi connectivity index (χ0v) is 23.4. The van der Waals surface area contributed by atoms with Crippen LogP contribution in [-0.4, -0.2) is 38.2 Å². The monoisotopic (exact) mass is 576 g/mol. The number of nitro benzene ring substituents is 1. The van der Waals surface area contributed by atoms with Gasteiger partial charge in [0.2, 0.25) is 0 Å². The highest BCUT2D eigenvalue weighted by Gasteiger charge is 2.36. The molecule has 2 N–H and O–H groups in total. The number of hydrogen-bond donors (Lipinski definition) is 2. The summed E-state index contributed by atoms with van der Waals surface area (Å²) in [7, 11) is 0. The first-order valence-corrected chi connectivity index (χ1v) is 14.0. The number of benzene rings is 5. The number of amides is 1. The van der Waals surface area contributed by atoms with E-state index in [1.54, 1.807) is 0 Å². The molecule has 0 radical (unpaired) electrons. The van der Waals surface area contributed by atoms with Crippen LogP contribution in [0.1, 0.15) is 28.4 Å². The van der Waals surface area contributed by atoms with Crippen molar-refractivity contribution in [3.63, 3.8) is 0 Å². The van der Waals surface area contributed by atoms with Crippen molar-refractivity contribution in [3.05, 3.63) is 160 Å². The van der Waals surface area contributed by atoms with Crippen molar-refractivity contribution < 1.29 is 24.7 Å². The van der Waals surface area contributed by atoms with Crippen LogP contribution in [0.4, 0.5) is 5.69 Å². The highest BCUT2D eigenvalue weighted by atomic mass is 16.6. The maximum Gasteiger partial charge on any atom is 0.269 e. The van der Waals surface area contributed by atoms with Gasteiger partial charge in [-0.1, -0.05) is 97.1 Å². The molecule has 0 aromatic heterocycles. The lowest BCUT2D eigenvalue weighted by molar-refractivity contribution is -0.384. The van der Waals surface area contributed by atoms with E-state index in [9.17, 15) is 25.1 Å². The first kappa shape index (κ1) is 29.6. The molecule has 5 aromatic rings. The number of non-ortho nitro benzene ring substituents is 1. The zero-order chi connectivity index (χ0) is 30.2. The summed E-state index contributed by atoms with van der Waals surface area (Å²) in [6.07, 6.45) is -4.55. The molecule has 0 aliphatic carbocycles. The second-order valence-electron chi connectivity index (χ2n) is 10.4. The Hall–Kier alpha value is -4.89. The van der Waals surface area contributed by atoms with E-state index >= 15 is 0 Å². The highest BCUT2D eigenvalue weighted by molar-refractivity contribution is 5.83. The fraction of sp³-hybridized carbons (Fsp3) is 0.171. The second-order valence-corrected chi connectivity index (χ2v) is 10.4. The normalized spacial score (nSPS) is 13.3. The minimum atomic E-state index is -1.74. The number of hydrogen-bond acceptors (Lipinski definition) is 6. The maximum atomic E-state index is 14.0. The molecule has 0 aliphatic heterocycles. The van der Waals surface area contributed by atoms with Gasteiger partial charge in [0.25, 0.3) is 11.6 Å². The van der Waals surface area contributed by atoms with Gasteiger partial charge in [-0.2, -0.15) is 0 Å². The Balaban J connectivity index is 1.43. The highest BCUT2D eigenvalue weighted by Crippen LogP contribution is 2.27. The minimum Gasteiger partial charge on any atom is -0.386 e. The van der Waals surface area contributed by atoms with Crippen LogP contribution in [-0.2, 0) is 29.2 Å². The first-order chi connectivity index (χ1) is 20.9. The van der Waals surface area contributed by atoms with Crippen LogP contribution in [0.2, 0.25) is 0 Å². The summed E-state index contributed by atoms with van der Waals surface area (Å²) in [5, 5.41) is 36.2. The average molecular weight is 577 g/mol. The van der Waals surface area contributed by atoms with E-state index in [0.717, 1.165) is 27.5 Å². The molecule has 218 valence electrons. The number of aliphatic hydroxyl groups excluding tert-OH is 2. The fourth-order valence-corrected chi connectivity index (χ4v) is 5.01. The number of aliphatic hydroxyl groups is 2. The number of fused-ring (bicyclic) bond motifs is 1. The lowest BCUT2D eigenvalue weighted by Crippen LogP contribution is -2.47. The van der Waals surface area contributed by atoms with Crippen molar-refractivity contribution in [1.82, 2.24) is 4.90 Å². The number of nitro groups is 1.